The number of rotatable bonds is 4. The molecule has 0 aromatic heterocycles. The molecule has 1 rings (SSSR count). The minimum Gasteiger partial charge on any atom is -0.348 e. The fourth-order valence-corrected chi connectivity index (χ4v) is 1.41. The normalized spacial score (nSPS) is 18.1. The van der Waals surface area contributed by atoms with Crippen LogP contribution in [0.15, 0.2) is 0 Å². The Hall–Kier alpha value is -0.410. The summed E-state index contributed by atoms with van der Waals surface area (Å²) in [6, 6.07) is 0. The first kappa shape index (κ1) is 14.6. The standard InChI is InChI=1S/C7H14O2.C5H10O/c1-3-7(4-2)8-5-6-9-7;1-3-5(6)4-2/h3-6H2,1-2H3;3-4H2,1-2H3. The van der Waals surface area contributed by atoms with E-state index in [2.05, 4.69) is 13.8 Å². The van der Waals surface area contributed by atoms with Gasteiger partial charge in [0.2, 0.25) is 0 Å². The Bertz CT molecular complexity index is 160. The topological polar surface area (TPSA) is 35.5 Å². The van der Waals surface area contributed by atoms with E-state index in [-0.39, 0.29) is 5.79 Å². The Morgan fingerprint density at radius 1 is 1.00 bits per heavy atom. The number of hydrogen-bond acceptors (Lipinski definition) is 3. The molecule has 0 aromatic rings. The van der Waals surface area contributed by atoms with Gasteiger partial charge in [-0.3, -0.25) is 4.79 Å². The van der Waals surface area contributed by atoms with E-state index in [1.165, 1.54) is 0 Å². The fraction of sp³-hybridized carbons (Fsp3) is 0.917. The highest BCUT2D eigenvalue weighted by Crippen LogP contribution is 2.25. The zero-order valence-electron chi connectivity index (χ0n) is 10.5. The van der Waals surface area contributed by atoms with Crippen molar-refractivity contribution in [2.45, 2.75) is 59.2 Å². The smallest absolute Gasteiger partial charge is 0.167 e. The lowest BCUT2D eigenvalue weighted by Crippen LogP contribution is -2.27. The monoisotopic (exact) mass is 216 g/mol. The lowest BCUT2D eigenvalue weighted by molar-refractivity contribution is -0.160. The quantitative estimate of drug-likeness (QED) is 0.724. The van der Waals surface area contributed by atoms with E-state index in [0.29, 0.717) is 18.6 Å². The summed E-state index contributed by atoms with van der Waals surface area (Å²) in [6.07, 6.45) is 3.31. The highest BCUT2D eigenvalue weighted by molar-refractivity contribution is 5.77. The number of ketones is 1. The van der Waals surface area contributed by atoms with Crippen LogP contribution in [-0.2, 0) is 14.3 Å². The first-order chi connectivity index (χ1) is 7.14. The maximum atomic E-state index is 10.2. The zero-order valence-corrected chi connectivity index (χ0v) is 10.5. The summed E-state index contributed by atoms with van der Waals surface area (Å²) in [5.41, 5.74) is 0. The first-order valence-electron chi connectivity index (χ1n) is 5.93. The molecule has 0 unspecified atom stereocenters. The number of carbonyl (C=O) groups is 1. The van der Waals surface area contributed by atoms with E-state index in [1.54, 1.807) is 0 Å². The molecule has 1 aliphatic heterocycles. The highest BCUT2D eigenvalue weighted by Gasteiger charge is 2.31. The van der Waals surface area contributed by atoms with Crippen molar-refractivity contribution in [1.82, 2.24) is 0 Å². The average molecular weight is 216 g/mol. The van der Waals surface area contributed by atoms with Crippen LogP contribution < -0.4 is 0 Å². The molecule has 90 valence electrons. The molecule has 0 spiro atoms. The van der Waals surface area contributed by atoms with E-state index < -0.39 is 0 Å². The molecule has 1 saturated heterocycles. The van der Waals surface area contributed by atoms with E-state index in [1.807, 2.05) is 13.8 Å². The molecule has 3 heteroatoms. The van der Waals surface area contributed by atoms with Gasteiger partial charge in [0.15, 0.2) is 5.79 Å². The van der Waals surface area contributed by atoms with Crippen molar-refractivity contribution in [1.29, 1.82) is 0 Å². The van der Waals surface area contributed by atoms with Gasteiger partial charge in [0.1, 0.15) is 5.78 Å². The van der Waals surface area contributed by atoms with Crippen molar-refractivity contribution in [3.63, 3.8) is 0 Å². The molecule has 0 atom stereocenters. The number of carbonyl (C=O) groups excluding carboxylic acids is 1. The van der Waals surface area contributed by atoms with E-state index in [0.717, 1.165) is 26.1 Å². The van der Waals surface area contributed by atoms with Crippen molar-refractivity contribution in [2.24, 2.45) is 0 Å². The summed E-state index contributed by atoms with van der Waals surface area (Å²) in [5, 5.41) is 0. The Balaban J connectivity index is 0.000000288. The Morgan fingerprint density at radius 3 is 1.53 bits per heavy atom. The molecule has 0 radical (unpaired) electrons. The maximum absolute atomic E-state index is 10.2. The van der Waals surface area contributed by atoms with Gasteiger partial charge in [-0.25, -0.2) is 0 Å². The molecule has 1 fully saturated rings. The minimum absolute atomic E-state index is 0.222. The highest BCUT2D eigenvalue weighted by atomic mass is 16.7. The summed E-state index contributed by atoms with van der Waals surface area (Å²) in [7, 11) is 0. The van der Waals surface area contributed by atoms with Crippen LogP contribution in [0, 0.1) is 0 Å². The second-order valence-electron chi connectivity index (χ2n) is 3.56. The van der Waals surface area contributed by atoms with Crippen LogP contribution in [0.25, 0.3) is 0 Å². The second kappa shape index (κ2) is 7.83. The van der Waals surface area contributed by atoms with Gasteiger partial charge < -0.3 is 9.47 Å². The fourth-order valence-electron chi connectivity index (χ4n) is 1.41. The summed E-state index contributed by atoms with van der Waals surface area (Å²) in [4.78, 5) is 10.2. The minimum atomic E-state index is -0.222. The van der Waals surface area contributed by atoms with E-state index in [4.69, 9.17) is 9.47 Å². The molecule has 0 bridgehead atoms. The van der Waals surface area contributed by atoms with Crippen LogP contribution in [0.3, 0.4) is 0 Å². The summed E-state index contributed by atoms with van der Waals surface area (Å²) < 4.78 is 10.8. The third-order valence-electron chi connectivity index (χ3n) is 2.68. The summed E-state index contributed by atoms with van der Waals surface area (Å²) >= 11 is 0. The molecule has 0 amide bonds. The second-order valence-corrected chi connectivity index (χ2v) is 3.56. The molecular formula is C12H24O3. The molecule has 15 heavy (non-hydrogen) atoms. The maximum Gasteiger partial charge on any atom is 0.167 e. The van der Waals surface area contributed by atoms with Crippen LogP contribution in [0.5, 0.6) is 0 Å². The Labute approximate surface area is 93.1 Å². The zero-order chi connectivity index (χ0) is 11.7. The first-order valence-corrected chi connectivity index (χ1v) is 5.93. The van der Waals surface area contributed by atoms with E-state index >= 15 is 0 Å². The van der Waals surface area contributed by atoms with Crippen molar-refractivity contribution in [3.05, 3.63) is 0 Å². The number of Topliss-reactive ketones (excluding diaryl/α,β-unsaturated/α-hetero) is 1. The predicted octanol–water partition coefficient (Wildman–Crippen LogP) is 2.93. The number of hydrogen-bond donors (Lipinski definition) is 0. The van der Waals surface area contributed by atoms with Gasteiger partial charge in [0, 0.05) is 12.8 Å². The molecule has 1 heterocycles. The van der Waals surface area contributed by atoms with Crippen LogP contribution >= 0.6 is 0 Å². The van der Waals surface area contributed by atoms with Crippen LogP contribution in [0.4, 0.5) is 0 Å². The largest absolute Gasteiger partial charge is 0.348 e. The third kappa shape index (κ3) is 5.28. The molecule has 0 aromatic carbocycles. The van der Waals surface area contributed by atoms with Gasteiger partial charge in [-0.05, 0) is 12.8 Å². The van der Waals surface area contributed by atoms with Crippen LogP contribution in [0.1, 0.15) is 53.4 Å². The summed E-state index contributed by atoms with van der Waals surface area (Å²) in [6.45, 7) is 9.48. The predicted molar refractivity (Wildman–Crippen MR) is 60.8 cm³/mol. The van der Waals surface area contributed by atoms with Crippen LogP contribution in [-0.4, -0.2) is 24.8 Å². The number of ether oxygens (including phenoxy) is 2. The molecule has 0 aliphatic carbocycles. The molecule has 0 N–H and O–H groups in total. The molecule has 3 nitrogen and oxygen atoms in total. The Morgan fingerprint density at radius 2 is 1.40 bits per heavy atom. The Kier molecular flexibility index (Phi) is 7.61. The van der Waals surface area contributed by atoms with Crippen LogP contribution in [0.2, 0.25) is 0 Å². The van der Waals surface area contributed by atoms with Gasteiger partial charge >= 0.3 is 0 Å². The lowest BCUT2D eigenvalue weighted by Gasteiger charge is -2.23. The van der Waals surface area contributed by atoms with Gasteiger partial charge in [-0.15, -0.1) is 0 Å². The van der Waals surface area contributed by atoms with E-state index in [9.17, 15) is 4.79 Å². The van der Waals surface area contributed by atoms with Gasteiger partial charge in [0.05, 0.1) is 13.2 Å². The SMILES string of the molecule is CCC(=O)CC.CCC1(CC)OCCO1. The molecule has 1 aliphatic rings. The average Bonchev–Trinajstić information content (AvgIpc) is 2.78. The summed E-state index contributed by atoms with van der Waals surface area (Å²) in [5.74, 6) is 0.120. The van der Waals surface area contributed by atoms with Gasteiger partial charge in [0.25, 0.3) is 0 Å². The third-order valence-corrected chi connectivity index (χ3v) is 2.68. The molecule has 0 saturated carbocycles. The van der Waals surface area contributed by atoms with Crippen molar-refractivity contribution in [2.75, 3.05) is 13.2 Å². The van der Waals surface area contributed by atoms with Crippen molar-refractivity contribution < 1.29 is 14.3 Å². The van der Waals surface area contributed by atoms with Crippen molar-refractivity contribution in [3.8, 4) is 0 Å². The van der Waals surface area contributed by atoms with Gasteiger partial charge in [-0.2, -0.15) is 0 Å². The lowest BCUT2D eigenvalue weighted by atomic mass is 10.1. The molecular weight excluding hydrogens is 192 g/mol. The van der Waals surface area contributed by atoms with Crippen molar-refractivity contribution >= 4 is 5.78 Å². The van der Waals surface area contributed by atoms with Gasteiger partial charge in [-0.1, -0.05) is 27.7 Å².